The van der Waals surface area contributed by atoms with E-state index in [9.17, 15) is 32.4 Å². The zero-order valence-corrected chi connectivity index (χ0v) is 35.7. The van der Waals surface area contributed by atoms with E-state index in [4.69, 9.17) is 24.0 Å². The van der Waals surface area contributed by atoms with Gasteiger partial charge < -0.3 is 24.4 Å². The number of esters is 1. The van der Waals surface area contributed by atoms with E-state index in [1.807, 2.05) is 0 Å². The first-order valence-electron chi connectivity index (χ1n) is 21.1. The number of carbonyl (C=O) groups is 3. The van der Waals surface area contributed by atoms with Crippen molar-refractivity contribution in [2.24, 2.45) is 11.8 Å². The largest absolute Gasteiger partial charge is 0.456 e. The van der Waals surface area contributed by atoms with Crippen molar-refractivity contribution in [3.05, 3.63) is 69.3 Å². The minimum absolute atomic E-state index is 0.00467. The molecular formula is C38H52N10O13S. The lowest BCUT2D eigenvalue weighted by Gasteiger charge is -2.14. The second-order valence-corrected chi connectivity index (χ2v) is 15.7. The molecule has 4 aromatic heterocycles. The number of aliphatic hydroxyl groups excluding tert-OH is 2. The monoisotopic (exact) mass is 894 g/mol. The number of nitrogens with zero attached hydrogens (tertiary/aromatic N) is 6. The number of anilines is 2. The van der Waals surface area contributed by atoms with Crippen molar-refractivity contribution in [2.45, 2.75) is 91.2 Å². The van der Waals surface area contributed by atoms with E-state index in [0.717, 1.165) is 6.26 Å². The van der Waals surface area contributed by atoms with Crippen LogP contribution in [-0.2, 0) is 38.1 Å². The van der Waals surface area contributed by atoms with E-state index >= 15 is 0 Å². The number of imidazole rings is 2. The quantitative estimate of drug-likeness (QED) is 0.0860. The summed E-state index contributed by atoms with van der Waals surface area (Å²) in [5.41, 5.74) is -0.124. The molecule has 2 unspecified atom stereocenters. The van der Waals surface area contributed by atoms with Crippen LogP contribution in [0.2, 0.25) is 0 Å². The highest BCUT2D eigenvalue weighted by atomic mass is 32.2. The Kier molecular flexibility index (Phi) is 14.7. The van der Waals surface area contributed by atoms with Gasteiger partial charge in [0.1, 0.15) is 24.7 Å². The van der Waals surface area contributed by atoms with Crippen molar-refractivity contribution in [3.8, 4) is 0 Å². The molecule has 338 valence electrons. The Labute approximate surface area is 361 Å². The van der Waals surface area contributed by atoms with Crippen LogP contribution >= 0.6 is 0 Å². The molecule has 2 fully saturated rings. The van der Waals surface area contributed by atoms with E-state index in [0.29, 0.717) is 5.56 Å². The Hall–Kier alpha value is -5.92. The van der Waals surface area contributed by atoms with Gasteiger partial charge in [-0.25, -0.2) is 14.8 Å². The molecule has 1 aromatic carbocycles. The first-order valence-corrected chi connectivity index (χ1v) is 20.7. The van der Waals surface area contributed by atoms with Crippen molar-refractivity contribution < 1.29 is 54.2 Å². The van der Waals surface area contributed by atoms with Gasteiger partial charge in [0.05, 0.1) is 36.7 Å². The van der Waals surface area contributed by atoms with Crippen LogP contribution in [0.1, 0.15) is 79.9 Å². The summed E-state index contributed by atoms with van der Waals surface area (Å²) in [6, 6.07) is 8.58. The molecule has 0 aliphatic carbocycles. The van der Waals surface area contributed by atoms with Gasteiger partial charge in [-0.05, 0) is 25.9 Å². The number of ether oxygens (including phenoxy) is 3. The second-order valence-electron chi connectivity index (χ2n) is 14.1. The lowest BCUT2D eigenvalue weighted by atomic mass is 10.2. The fourth-order valence-corrected chi connectivity index (χ4v) is 6.54. The van der Waals surface area contributed by atoms with Gasteiger partial charge in [0.2, 0.25) is 26.6 Å². The molecule has 0 bridgehead atoms. The zero-order chi connectivity index (χ0) is 48.9. The van der Waals surface area contributed by atoms with Crippen LogP contribution in [0.4, 0.5) is 11.9 Å². The molecule has 2 saturated heterocycles. The minimum Gasteiger partial charge on any atom is -0.456 e. The van der Waals surface area contributed by atoms with E-state index in [-0.39, 0.29) is 84.5 Å². The van der Waals surface area contributed by atoms with Crippen LogP contribution in [0.3, 0.4) is 0 Å². The summed E-state index contributed by atoms with van der Waals surface area (Å²) >= 11 is 0. The predicted molar refractivity (Wildman–Crippen MR) is 223 cm³/mol. The van der Waals surface area contributed by atoms with E-state index < -0.39 is 64.1 Å². The van der Waals surface area contributed by atoms with Gasteiger partial charge in [-0.2, -0.15) is 18.4 Å². The number of fused-ring (bicyclic) bond motifs is 2. The third-order valence-electron chi connectivity index (χ3n) is 8.94. The van der Waals surface area contributed by atoms with Gasteiger partial charge in [0, 0.05) is 41.6 Å². The van der Waals surface area contributed by atoms with Gasteiger partial charge in [-0.15, -0.1) is 0 Å². The number of nitrogens with one attached hydrogen (secondary N) is 4. The predicted octanol–water partition coefficient (Wildman–Crippen LogP) is 1.83. The molecule has 0 spiro atoms. The molecule has 24 heteroatoms. The number of rotatable bonds is 10. The number of aromatic amines is 2. The normalized spacial score (nSPS) is 21.6. The molecular weight excluding hydrogens is 837 g/mol. The van der Waals surface area contributed by atoms with Crippen molar-refractivity contribution in [3.63, 3.8) is 0 Å². The third-order valence-corrected chi connectivity index (χ3v) is 9.54. The second kappa shape index (κ2) is 21.2. The number of aromatic nitrogens is 8. The average molecular weight is 895 g/mol. The molecule has 2 amide bonds. The van der Waals surface area contributed by atoms with Gasteiger partial charge in [0.25, 0.3) is 21.2 Å². The Morgan fingerprint density at radius 3 is 1.69 bits per heavy atom. The third kappa shape index (κ3) is 11.9. The smallest absolute Gasteiger partial charge is 0.338 e. The number of hydrogen-bond donors (Lipinski definition) is 6. The molecule has 0 radical (unpaired) electrons. The summed E-state index contributed by atoms with van der Waals surface area (Å²) in [6.07, 6.45) is -0.197. The Balaban J connectivity index is 0.000000260. The highest BCUT2D eigenvalue weighted by molar-refractivity contribution is 7.86. The van der Waals surface area contributed by atoms with Crippen LogP contribution in [0, 0.1) is 11.8 Å². The lowest BCUT2D eigenvalue weighted by molar-refractivity contribution is -0.119. The molecule has 6 N–H and O–H groups in total. The number of benzene rings is 1. The molecule has 0 saturated carbocycles. The van der Waals surface area contributed by atoms with E-state index in [1.54, 1.807) is 62.6 Å². The Bertz CT molecular complexity index is 2650. The SMILES string of the molecule is [2H]C[C@H]1OC(n2cnc3c(=O)[nH]c(NC(=O)C(C)C)nc32)C[C@@H]1OS(C)(=O)=O.[2H]C[C@H]1OC(n2cnc3c(=O)[nH]c(NC(=O)C(C)C)nc32)C[C@H]1OC(=O)c1ccccc1.[3H]OC.[3H]OC. The molecule has 23 nitrogen and oxygen atoms in total. The van der Waals surface area contributed by atoms with Crippen LogP contribution in [0.5, 0.6) is 0 Å². The molecule has 5 aromatic rings. The summed E-state index contributed by atoms with van der Waals surface area (Å²) in [4.78, 5) is 82.6. The summed E-state index contributed by atoms with van der Waals surface area (Å²) < 4.78 is 74.9. The highest BCUT2D eigenvalue weighted by Gasteiger charge is 2.38. The Morgan fingerprint density at radius 1 is 0.839 bits per heavy atom. The maximum atomic E-state index is 12.5. The first kappa shape index (κ1) is 42.8. The topological polar surface area (TPSA) is 314 Å². The zero-order valence-electron chi connectivity index (χ0n) is 38.9. The standard InChI is InChI=1S/C21H23N5O5.C15H21N5O6S.2CH4O/c1-11(2)18(27)24-21-23-17-16(19(28)25-21)22-10-26(17)15-9-14(12(3)30-15)31-20(29)13-7-5-4-6-8-13;1-7(2)13(21)18-15-17-12-11(14(22)19-15)16-6-20(12)10-5-9(8(3)25-10)26-27(4,23)24;2*1-2/h4-8,10-12,14-15H,9H2,1-3H3,(H2,23,24,25,27,28);6-10H,5H2,1-4H3,(H2,17,18,19,21,22);2*2H,1H3/t12-,14-,15?;8-,9+,10?;;/m11../s1/i2*3D;2*2T. The molecule has 62 heavy (non-hydrogen) atoms. The molecule has 2 aliphatic heterocycles. The summed E-state index contributed by atoms with van der Waals surface area (Å²) in [5.74, 6) is -1.74. The fraction of sp³-hybridized carbons (Fsp3) is 0.500. The van der Waals surface area contributed by atoms with E-state index in [2.05, 4.69) is 50.8 Å². The number of amides is 2. The summed E-state index contributed by atoms with van der Waals surface area (Å²) in [5, 5.41) is 12.1. The Morgan fingerprint density at radius 2 is 1.27 bits per heavy atom. The van der Waals surface area contributed by atoms with Gasteiger partial charge in [0.15, 0.2) is 22.3 Å². The number of H-pyrrole nitrogens is 2. The number of hydrogen-bond acceptors (Lipinski definition) is 17. The van der Waals surface area contributed by atoms with E-state index in [1.165, 1.54) is 31.4 Å². The van der Waals surface area contributed by atoms with Gasteiger partial charge in [-0.1, -0.05) is 45.9 Å². The molecule has 6 heterocycles. The van der Waals surface area contributed by atoms with Crippen molar-refractivity contribution in [1.82, 2.24) is 39.0 Å². The van der Waals surface area contributed by atoms with Crippen molar-refractivity contribution in [1.29, 1.82) is 2.86 Å². The summed E-state index contributed by atoms with van der Waals surface area (Å²) in [7, 11) is -1.14. The maximum absolute atomic E-state index is 12.5. The maximum Gasteiger partial charge on any atom is 0.338 e. The fourth-order valence-electron chi connectivity index (χ4n) is 5.89. The first-order chi connectivity index (χ1) is 31.3. The number of aliphatic hydroxyl groups is 2. The van der Waals surface area contributed by atoms with Crippen LogP contribution in [0.25, 0.3) is 22.3 Å². The van der Waals surface area contributed by atoms with Crippen LogP contribution < -0.4 is 21.8 Å². The van der Waals surface area contributed by atoms with Crippen molar-refractivity contribution in [2.75, 3.05) is 31.1 Å². The molecule has 2 aliphatic rings. The van der Waals surface area contributed by atoms with Gasteiger partial charge >= 0.3 is 5.97 Å². The molecule has 7 rings (SSSR count). The lowest BCUT2D eigenvalue weighted by Crippen LogP contribution is -2.24. The van der Waals surface area contributed by atoms with Crippen LogP contribution in [-0.4, -0.2) is 123 Å². The van der Waals surface area contributed by atoms with Gasteiger partial charge in [-0.3, -0.25) is 53.1 Å². The van der Waals surface area contributed by atoms with Crippen LogP contribution in [0.15, 0.2) is 52.6 Å². The molecule has 6 atom stereocenters. The number of carbonyl (C=O) groups excluding carboxylic acids is 3. The highest BCUT2D eigenvalue weighted by Crippen LogP contribution is 2.34. The summed E-state index contributed by atoms with van der Waals surface area (Å²) in [6.45, 7) is 6.53. The average Bonchev–Trinajstić information content (AvgIpc) is 4.06. The minimum atomic E-state index is -3.73. The van der Waals surface area contributed by atoms with Crippen molar-refractivity contribution >= 4 is 62.1 Å².